The van der Waals surface area contributed by atoms with E-state index in [0.717, 1.165) is 12.8 Å². The highest BCUT2D eigenvalue weighted by molar-refractivity contribution is 7.89. The zero-order valence-corrected chi connectivity index (χ0v) is 12.2. The number of alkyl halides is 2. The molecule has 1 aliphatic rings. The van der Waals surface area contributed by atoms with Crippen molar-refractivity contribution in [2.45, 2.75) is 30.2 Å². The van der Waals surface area contributed by atoms with Crippen LogP contribution in [0.25, 0.3) is 0 Å². The first-order valence-corrected chi connectivity index (χ1v) is 8.14. The van der Waals surface area contributed by atoms with E-state index in [1.165, 1.54) is 24.3 Å². The van der Waals surface area contributed by atoms with Crippen molar-refractivity contribution in [3.05, 3.63) is 24.3 Å². The van der Waals surface area contributed by atoms with E-state index in [2.05, 4.69) is 4.72 Å². The second-order valence-corrected chi connectivity index (χ2v) is 6.69. The third-order valence-electron chi connectivity index (χ3n) is 3.26. The van der Waals surface area contributed by atoms with Gasteiger partial charge in [-0.05, 0) is 43.0 Å². The van der Waals surface area contributed by atoms with Gasteiger partial charge in [-0.3, -0.25) is 0 Å². The minimum atomic E-state index is -3.66. The highest BCUT2D eigenvalue weighted by Gasteiger charge is 2.33. The molecule has 118 valence electrons. The molecule has 0 radical (unpaired) electrons. The number of sulfonamides is 1. The van der Waals surface area contributed by atoms with Crippen molar-refractivity contribution >= 4 is 10.0 Å². The predicted octanol–water partition coefficient (Wildman–Crippen LogP) is 1.35. The molecule has 0 spiro atoms. The van der Waals surface area contributed by atoms with Gasteiger partial charge in [-0.1, -0.05) is 0 Å². The summed E-state index contributed by atoms with van der Waals surface area (Å²) >= 11 is 0. The lowest BCUT2D eigenvalue weighted by molar-refractivity contribution is 0.0819. The lowest BCUT2D eigenvalue weighted by Crippen LogP contribution is -2.41. The average molecular weight is 320 g/mol. The number of ether oxygens (including phenoxy) is 1. The van der Waals surface area contributed by atoms with Crippen LogP contribution < -0.4 is 15.2 Å². The van der Waals surface area contributed by atoms with Crippen molar-refractivity contribution in [2.75, 3.05) is 13.2 Å². The molecule has 21 heavy (non-hydrogen) atoms. The first kappa shape index (κ1) is 16.1. The predicted molar refractivity (Wildman–Crippen MR) is 73.8 cm³/mol. The van der Waals surface area contributed by atoms with Crippen molar-refractivity contribution in [1.82, 2.24) is 4.72 Å². The van der Waals surface area contributed by atoms with Gasteiger partial charge in [0.1, 0.15) is 12.4 Å². The molecule has 0 aromatic heterocycles. The Morgan fingerprint density at radius 2 is 1.90 bits per heavy atom. The standard InChI is InChI=1S/C13H18F2N2O3S/c14-13(15)8-20-10-3-5-11(6-4-10)21(18,19)17-12(7-16)9-1-2-9/h3-6,9,12-13,17H,1-2,7-8,16H2. The third kappa shape index (κ3) is 4.62. The molecule has 1 aromatic carbocycles. The summed E-state index contributed by atoms with van der Waals surface area (Å²) < 4.78 is 55.8. The number of hydrogen-bond donors (Lipinski definition) is 2. The van der Waals surface area contributed by atoms with Gasteiger partial charge in [0.2, 0.25) is 10.0 Å². The van der Waals surface area contributed by atoms with Gasteiger partial charge in [-0.25, -0.2) is 21.9 Å². The first-order valence-electron chi connectivity index (χ1n) is 6.66. The molecule has 1 saturated carbocycles. The largest absolute Gasteiger partial charge is 0.488 e. The maximum Gasteiger partial charge on any atom is 0.272 e. The van der Waals surface area contributed by atoms with Crippen LogP contribution in [0.15, 0.2) is 29.2 Å². The molecule has 0 bridgehead atoms. The minimum Gasteiger partial charge on any atom is -0.488 e. The highest BCUT2D eigenvalue weighted by Crippen LogP contribution is 2.33. The summed E-state index contributed by atoms with van der Waals surface area (Å²) in [5.74, 6) is 0.505. The van der Waals surface area contributed by atoms with Gasteiger partial charge in [-0.2, -0.15) is 0 Å². The Balaban J connectivity index is 2.02. The molecule has 5 nitrogen and oxygen atoms in total. The Labute approximate surface area is 122 Å². The van der Waals surface area contributed by atoms with Gasteiger partial charge in [0, 0.05) is 12.6 Å². The molecule has 8 heteroatoms. The fraction of sp³-hybridized carbons (Fsp3) is 0.538. The summed E-state index contributed by atoms with van der Waals surface area (Å²) in [5, 5.41) is 0. The van der Waals surface area contributed by atoms with E-state index < -0.39 is 23.1 Å². The van der Waals surface area contributed by atoms with E-state index in [-0.39, 0.29) is 23.2 Å². The Bertz CT molecular complexity index is 559. The lowest BCUT2D eigenvalue weighted by Gasteiger charge is -2.16. The van der Waals surface area contributed by atoms with E-state index in [1.54, 1.807) is 0 Å². The first-order chi connectivity index (χ1) is 9.92. The van der Waals surface area contributed by atoms with E-state index in [4.69, 9.17) is 10.5 Å². The van der Waals surface area contributed by atoms with Crippen LogP contribution in [-0.4, -0.2) is 34.0 Å². The summed E-state index contributed by atoms with van der Waals surface area (Å²) in [6.07, 6.45) is -0.616. The van der Waals surface area contributed by atoms with Crippen LogP contribution in [0, 0.1) is 5.92 Å². The van der Waals surface area contributed by atoms with Gasteiger partial charge < -0.3 is 10.5 Å². The Kier molecular flexibility index (Phi) is 5.13. The van der Waals surface area contributed by atoms with Gasteiger partial charge >= 0.3 is 0 Å². The maximum atomic E-state index is 12.2. The number of rotatable bonds is 8. The molecule has 0 aliphatic heterocycles. The molecule has 2 rings (SSSR count). The van der Waals surface area contributed by atoms with Crippen LogP contribution in [0.3, 0.4) is 0 Å². The molecule has 0 heterocycles. The highest BCUT2D eigenvalue weighted by atomic mass is 32.2. The molecule has 3 N–H and O–H groups in total. The van der Waals surface area contributed by atoms with Gasteiger partial charge in [0.25, 0.3) is 6.43 Å². The number of nitrogens with two attached hydrogens (primary N) is 1. The zero-order valence-electron chi connectivity index (χ0n) is 11.3. The molecule has 1 atom stereocenters. The van der Waals surface area contributed by atoms with Crippen molar-refractivity contribution in [3.63, 3.8) is 0 Å². The SMILES string of the molecule is NCC(NS(=O)(=O)c1ccc(OCC(F)F)cc1)C1CC1. The van der Waals surface area contributed by atoms with Crippen molar-refractivity contribution < 1.29 is 21.9 Å². The van der Waals surface area contributed by atoms with Crippen molar-refractivity contribution in [2.24, 2.45) is 11.7 Å². The van der Waals surface area contributed by atoms with Gasteiger partial charge in [-0.15, -0.1) is 0 Å². The number of benzene rings is 1. The second-order valence-electron chi connectivity index (χ2n) is 4.97. The summed E-state index contributed by atoms with van der Waals surface area (Å²) in [5.41, 5.74) is 5.57. The molecule has 1 aliphatic carbocycles. The molecule has 0 amide bonds. The van der Waals surface area contributed by atoms with Gasteiger partial charge in [0.15, 0.2) is 0 Å². The summed E-state index contributed by atoms with van der Waals surface area (Å²) in [7, 11) is -3.66. The fourth-order valence-electron chi connectivity index (χ4n) is 1.98. The monoisotopic (exact) mass is 320 g/mol. The van der Waals surface area contributed by atoms with Crippen LogP contribution in [0.5, 0.6) is 5.75 Å². The topological polar surface area (TPSA) is 81.4 Å². The fourth-order valence-corrected chi connectivity index (χ4v) is 3.29. The smallest absolute Gasteiger partial charge is 0.272 e. The number of halogens is 2. The molecular weight excluding hydrogens is 302 g/mol. The van der Waals surface area contributed by atoms with E-state index in [1.807, 2.05) is 0 Å². The summed E-state index contributed by atoms with van der Waals surface area (Å²) in [6.45, 7) is -0.471. The van der Waals surface area contributed by atoms with E-state index >= 15 is 0 Å². The maximum absolute atomic E-state index is 12.2. The van der Waals surface area contributed by atoms with Crippen LogP contribution in [0.2, 0.25) is 0 Å². The minimum absolute atomic E-state index is 0.0611. The van der Waals surface area contributed by atoms with Crippen LogP contribution in [-0.2, 0) is 10.0 Å². The number of hydrogen-bond acceptors (Lipinski definition) is 4. The Morgan fingerprint density at radius 1 is 1.29 bits per heavy atom. The average Bonchev–Trinajstić information content (AvgIpc) is 3.27. The lowest BCUT2D eigenvalue weighted by atomic mass is 10.2. The quantitative estimate of drug-likeness (QED) is 0.757. The number of nitrogens with one attached hydrogen (secondary N) is 1. The molecule has 1 fully saturated rings. The van der Waals surface area contributed by atoms with Crippen molar-refractivity contribution in [1.29, 1.82) is 0 Å². The van der Waals surface area contributed by atoms with Crippen LogP contribution in [0.1, 0.15) is 12.8 Å². The Morgan fingerprint density at radius 3 is 2.38 bits per heavy atom. The Hall–Kier alpha value is -1.25. The summed E-state index contributed by atoms with van der Waals surface area (Å²) in [6, 6.07) is 5.09. The third-order valence-corrected chi connectivity index (χ3v) is 4.77. The molecule has 1 unspecified atom stereocenters. The summed E-state index contributed by atoms with van der Waals surface area (Å²) in [4.78, 5) is 0.0611. The zero-order chi connectivity index (χ0) is 15.5. The normalized spacial score (nSPS) is 17.0. The van der Waals surface area contributed by atoms with E-state index in [0.29, 0.717) is 5.92 Å². The molecular formula is C13H18F2N2O3S. The van der Waals surface area contributed by atoms with Crippen LogP contribution in [0.4, 0.5) is 8.78 Å². The second kappa shape index (κ2) is 6.67. The molecule has 1 aromatic rings. The van der Waals surface area contributed by atoms with Crippen molar-refractivity contribution in [3.8, 4) is 5.75 Å². The van der Waals surface area contributed by atoms with Crippen LogP contribution >= 0.6 is 0 Å². The van der Waals surface area contributed by atoms with Gasteiger partial charge in [0.05, 0.1) is 4.90 Å². The van der Waals surface area contributed by atoms with E-state index in [9.17, 15) is 17.2 Å². The molecule has 0 saturated heterocycles.